The van der Waals surface area contributed by atoms with Gasteiger partial charge in [-0.3, -0.25) is 24.0 Å². The van der Waals surface area contributed by atoms with E-state index in [2.05, 4.69) is 5.32 Å². The van der Waals surface area contributed by atoms with Gasteiger partial charge in [0.2, 0.25) is 21.8 Å². The van der Waals surface area contributed by atoms with Crippen molar-refractivity contribution in [3.8, 4) is 0 Å². The smallest absolute Gasteiger partial charge is 0.271 e. The maximum Gasteiger partial charge on any atom is 0.271 e. The molecule has 1 N–H and O–H groups in total. The van der Waals surface area contributed by atoms with Crippen molar-refractivity contribution in [2.75, 3.05) is 17.1 Å². The molecule has 2 amide bonds. The number of aryl methyl sites for hydroxylation is 1. The van der Waals surface area contributed by atoms with Gasteiger partial charge in [-0.2, -0.15) is 0 Å². The number of hydrogen-bond donors (Lipinski definition) is 1. The second-order valence-electron chi connectivity index (χ2n) is 9.66. The zero-order valence-corrected chi connectivity index (χ0v) is 22.3. The molecule has 2 rings (SSSR count). The molecule has 0 spiro atoms. The summed E-state index contributed by atoms with van der Waals surface area (Å²) in [6.45, 7) is 8.63. The standard InChI is InChI=1S/C25H34N4O6S/c1-7-22(24(31)26-25(3,4)5)27(16-19-12-9-8-11-18(19)2)23(30)17-28(36(6,34)35)20-13-10-14-21(15-20)29(32)33/h8-15,22H,7,16-17H2,1-6H3,(H,26,31). The predicted molar refractivity (Wildman–Crippen MR) is 139 cm³/mol. The second-order valence-corrected chi connectivity index (χ2v) is 11.6. The van der Waals surface area contributed by atoms with E-state index in [-0.39, 0.29) is 23.8 Å². The number of carbonyl (C=O) groups is 2. The summed E-state index contributed by atoms with van der Waals surface area (Å²) in [5.41, 5.74) is 0.877. The first-order chi connectivity index (χ1) is 16.6. The summed E-state index contributed by atoms with van der Waals surface area (Å²) in [6, 6.07) is 11.6. The van der Waals surface area contributed by atoms with Crippen molar-refractivity contribution in [2.45, 2.75) is 59.2 Å². The monoisotopic (exact) mass is 518 g/mol. The fourth-order valence-corrected chi connectivity index (χ4v) is 4.56. The Hall–Kier alpha value is -3.47. The van der Waals surface area contributed by atoms with Gasteiger partial charge in [-0.25, -0.2) is 8.42 Å². The van der Waals surface area contributed by atoms with Crippen molar-refractivity contribution in [2.24, 2.45) is 0 Å². The van der Waals surface area contributed by atoms with Crippen LogP contribution in [0, 0.1) is 17.0 Å². The summed E-state index contributed by atoms with van der Waals surface area (Å²) >= 11 is 0. The lowest BCUT2D eigenvalue weighted by Gasteiger charge is -2.34. The summed E-state index contributed by atoms with van der Waals surface area (Å²) in [5, 5.41) is 14.1. The SMILES string of the molecule is CCC(C(=O)NC(C)(C)C)N(Cc1ccccc1C)C(=O)CN(c1cccc([N+](=O)[O-])c1)S(C)(=O)=O. The molecule has 0 aliphatic rings. The third kappa shape index (κ3) is 7.77. The summed E-state index contributed by atoms with van der Waals surface area (Å²) in [5.74, 6) is -0.959. The number of rotatable bonds is 10. The van der Waals surface area contributed by atoms with Crippen molar-refractivity contribution in [3.63, 3.8) is 0 Å². The van der Waals surface area contributed by atoms with Crippen LogP contribution in [-0.2, 0) is 26.2 Å². The average molecular weight is 519 g/mol. The van der Waals surface area contributed by atoms with Crippen LogP contribution < -0.4 is 9.62 Å². The Morgan fingerprint density at radius 3 is 2.28 bits per heavy atom. The van der Waals surface area contributed by atoms with E-state index in [1.54, 1.807) is 6.92 Å². The number of anilines is 1. The Morgan fingerprint density at radius 1 is 1.11 bits per heavy atom. The molecule has 0 aliphatic heterocycles. The van der Waals surface area contributed by atoms with Crippen LogP contribution in [0.15, 0.2) is 48.5 Å². The number of nitro groups is 1. The van der Waals surface area contributed by atoms with E-state index in [1.807, 2.05) is 52.0 Å². The Morgan fingerprint density at radius 2 is 1.75 bits per heavy atom. The Bertz CT molecular complexity index is 1220. The number of nitrogens with zero attached hydrogens (tertiary/aromatic N) is 3. The van der Waals surface area contributed by atoms with Crippen LogP contribution in [0.3, 0.4) is 0 Å². The van der Waals surface area contributed by atoms with E-state index in [0.717, 1.165) is 27.8 Å². The number of amides is 2. The molecule has 0 fully saturated rings. The Kier molecular flexibility index (Phi) is 9.20. The minimum absolute atomic E-state index is 0.0110. The Balaban J connectivity index is 2.51. The molecular weight excluding hydrogens is 484 g/mol. The molecule has 1 unspecified atom stereocenters. The topological polar surface area (TPSA) is 130 Å². The predicted octanol–water partition coefficient (Wildman–Crippen LogP) is 3.39. The van der Waals surface area contributed by atoms with Crippen LogP contribution in [0.2, 0.25) is 0 Å². The van der Waals surface area contributed by atoms with Gasteiger partial charge in [-0.15, -0.1) is 0 Å². The third-order valence-corrected chi connectivity index (χ3v) is 6.63. The van der Waals surface area contributed by atoms with Gasteiger partial charge in [0.25, 0.3) is 5.69 Å². The van der Waals surface area contributed by atoms with E-state index in [9.17, 15) is 28.1 Å². The molecule has 11 heteroatoms. The fourth-order valence-electron chi connectivity index (χ4n) is 3.72. The van der Waals surface area contributed by atoms with Crippen molar-refractivity contribution in [1.82, 2.24) is 10.2 Å². The lowest BCUT2D eigenvalue weighted by molar-refractivity contribution is -0.384. The molecule has 36 heavy (non-hydrogen) atoms. The largest absolute Gasteiger partial charge is 0.350 e. The van der Waals surface area contributed by atoms with Gasteiger partial charge in [0.1, 0.15) is 12.6 Å². The fraction of sp³-hybridized carbons (Fsp3) is 0.440. The molecule has 1 atom stereocenters. The molecule has 196 valence electrons. The Labute approximate surface area is 212 Å². The molecule has 0 bridgehead atoms. The zero-order valence-electron chi connectivity index (χ0n) is 21.5. The van der Waals surface area contributed by atoms with E-state index in [1.165, 1.54) is 23.1 Å². The number of nitrogens with one attached hydrogen (secondary N) is 1. The molecule has 2 aromatic rings. The number of nitro benzene ring substituents is 1. The highest BCUT2D eigenvalue weighted by molar-refractivity contribution is 7.92. The molecule has 0 saturated heterocycles. The van der Waals surface area contributed by atoms with Crippen LogP contribution in [0.4, 0.5) is 11.4 Å². The maximum absolute atomic E-state index is 13.7. The average Bonchev–Trinajstić information content (AvgIpc) is 2.76. The van der Waals surface area contributed by atoms with Gasteiger partial charge in [0, 0.05) is 24.2 Å². The lowest BCUT2D eigenvalue weighted by atomic mass is 10.0. The van der Waals surface area contributed by atoms with Gasteiger partial charge in [-0.05, 0) is 51.3 Å². The molecule has 0 radical (unpaired) electrons. The maximum atomic E-state index is 13.7. The summed E-state index contributed by atoms with van der Waals surface area (Å²) in [6.07, 6.45) is 1.23. The summed E-state index contributed by atoms with van der Waals surface area (Å²) < 4.78 is 26.1. The van der Waals surface area contributed by atoms with E-state index in [4.69, 9.17) is 0 Å². The summed E-state index contributed by atoms with van der Waals surface area (Å²) in [4.78, 5) is 38.8. The molecular formula is C25H34N4O6S. The van der Waals surface area contributed by atoms with Crippen LogP contribution in [0.1, 0.15) is 45.2 Å². The minimum atomic E-state index is -3.99. The number of sulfonamides is 1. The van der Waals surface area contributed by atoms with E-state index >= 15 is 0 Å². The van der Waals surface area contributed by atoms with Gasteiger partial charge >= 0.3 is 0 Å². The molecule has 0 aromatic heterocycles. The number of non-ortho nitro benzene ring substituents is 1. The first-order valence-electron chi connectivity index (χ1n) is 11.5. The molecule has 0 heterocycles. The summed E-state index contributed by atoms with van der Waals surface area (Å²) in [7, 11) is -3.99. The second kappa shape index (κ2) is 11.5. The van der Waals surface area contributed by atoms with Crippen molar-refractivity contribution in [1.29, 1.82) is 0 Å². The third-order valence-electron chi connectivity index (χ3n) is 5.49. The zero-order chi connectivity index (χ0) is 27.3. The van der Waals surface area contributed by atoms with Crippen molar-refractivity contribution < 1.29 is 22.9 Å². The minimum Gasteiger partial charge on any atom is -0.350 e. The quantitative estimate of drug-likeness (QED) is 0.379. The first-order valence-corrected chi connectivity index (χ1v) is 13.4. The highest BCUT2D eigenvalue weighted by Crippen LogP contribution is 2.24. The molecule has 0 saturated carbocycles. The van der Waals surface area contributed by atoms with Crippen molar-refractivity contribution >= 4 is 33.2 Å². The van der Waals surface area contributed by atoms with E-state index in [0.29, 0.717) is 6.42 Å². The van der Waals surface area contributed by atoms with Gasteiger partial charge in [0.05, 0.1) is 16.9 Å². The van der Waals surface area contributed by atoms with Crippen LogP contribution in [-0.4, -0.2) is 54.4 Å². The van der Waals surface area contributed by atoms with Gasteiger partial charge in [-0.1, -0.05) is 37.3 Å². The highest BCUT2D eigenvalue weighted by Gasteiger charge is 2.33. The van der Waals surface area contributed by atoms with Gasteiger partial charge in [0.15, 0.2) is 0 Å². The lowest BCUT2D eigenvalue weighted by Crippen LogP contribution is -2.55. The first kappa shape index (κ1) is 28.8. The molecule has 2 aromatic carbocycles. The number of hydrogen-bond acceptors (Lipinski definition) is 6. The number of carbonyl (C=O) groups excluding carboxylic acids is 2. The van der Waals surface area contributed by atoms with Crippen LogP contribution in [0.5, 0.6) is 0 Å². The van der Waals surface area contributed by atoms with Crippen molar-refractivity contribution in [3.05, 3.63) is 69.8 Å². The normalized spacial score (nSPS) is 12.5. The molecule has 0 aliphatic carbocycles. The molecule has 10 nitrogen and oxygen atoms in total. The van der Waals surface area contributed by atoms with Crippen LogP contribution >= 0.6 is 0 Å². The van der Waals surface area contributed by atoms with Crippen LogP contribution in [0.25, 0.3) is 0 Å². The highest BCUT2D eigenvalue weighted by atomic mass is 32.2. The van der Waals surface area contributed by atoms with Gasteiger partial charge < -0.3 is 10.2 Å². The van der Waals surface area contributed by atoms with E-state index < -0.39 is 39.0 Å². The number of benzene rings is 2.